The van der Waals surface area contributed by atoms with Crippen LogP contribution in [0.4, 0.5) is 0 Å². The molecule has 3 nitrogen and oxygen atoms in total. The van der Waals surface area contributed by atoms with Gasteiger partial charge in [0.1, 0.15) is 6.26 Å². The highest BCUT2D eigenvalue weighted by molar-refractivity contribution is 5.85. The normalized spacial score (nSPS) is 13.5. The number of hydrogen-bond acceptors (Lipinski definition) is 3. The maximum Gasteiger partial charge on any atom is 0.196 e. The first-order valence-corrected chi connectivity index (χ1v) is 7.31. The molecule has 0 bridgehead atoms. The lowest BCUT2D eigenvalue weighted by Gasteiger charge is -2.27. The summed E-state index contributed by atoms with van der Waals surface area (Å²) < 4.78 is 5.43. The van der Waals surface area contributed by atoms with Crippen LogP contribution in [0, 0.1) is 0 Å². The Morgan fingerprint density at radius 2 is 1.90 bits per heavy atom. The molecular weight excluding hydrogens is 260 g/mol. The zero-order chi connectivity index (χ0) is 14.9. The van der Waals surface area contributed by atoms with Crippen LogP contribution in [0.5, 0.6) is 0 Å². The van der Waals surface area contributed by atoms with Crippen molar-refractivity contribution >= 4 is 10.8 Å². The molecule has 3 heteroatoms. The number of pyridine rings is 1. The molecule has 1 aromatic carbocycles. The number of rotatable bonds is 4. The molecule has 0 saturated carbocycles. The molecule has 0 aliphatic heterocycles. The second kappa shape index (κ2) is 5.32. The SMILES string of the molecule is CC(CC(C)(C)c1nccc2ccccc12)c1ncco1. The van der Waals surface area contributed by atoms with E-state index in [4.69, 9.17) is 4.42 Å². The lowest BCUT2D eigenvalue weighted by molar-refractivity contribution is 0.374. The third-order valence-electron chi connectivity index (χ3n) is 4.00. The standard InChI is InChI=1S/C18H20N2O/c1-13(17-20-10-11-21-17)12-18(2,3)16-15-7-5-4-6-14(15)8-9-19-16/h4-11,13H,12H2,1-3H3. The van der Waals surface area contributed by atoms with Crippen LogP contribution < -0.4 is 0 Å². The number of oxazole rings is 1. The molecule has 1 atom stereocenters. The minimum atomic E-state index is -0.0469. The first kappa shape index (κ1) is 13.8. The molecule has 2 aromatic heterocycles. The van der Waals surface area contributed by atoms with Crippen molar-refractivity contribution in [2.24, 2.45) is 0 Å². The molecule has 2 heterocycles. The predicted octanol–water partition coefficient (Wildman–Crippen LogP) is 4.69. The van der Waals surface area contributed by atoms with E-state index in [9.17, 15) is 0 Å². The van der Waals surface area contributed by atoms with Crippen LogP contribution in [0.1, 0.15) is 44.7 Å². The average molecular weight is 280 g/mol. The molecule has 0 amide bonds. The van der Waals surface area contributed by atoms with Crippen LogP contribution in [0.25, 0.3) is 10.8 Å². The maximum atomic E-state index is 5.43. The van der Waals surface area contributed by atoms with Crippen molar-refractivity contribution in [3.63, 3.8) is 0 Å². The zero-order valence-corrected chi connectivity index (χ0v) is 12.7. The van der Waals surface area contributed by atoms with Gasteiger partial charge in [-0.25, -0.2) is 4.98 Å². The number of benzene rings is 1. The van der Waals surface area contributed by atoms with Crippen LogP contribution in [-0.2, 0) is 5.41 Å². The molecule has 3 aromatic rings. The summed E-state index contributed by atoms with van der Waals surface area (Å²) in [6, 6.07) is 10.5. The van der Waals surface area contributed by atoms with E-state index in [1.807, 2.05) is 6.20 Å². The van der Waals surface area contributed by atoms with E-state index in [0.717, 1.165) is 18.0 Å². The summed E-state index contributed by atoms with van der Waals surface area (Å²) in [5.41, 5.74) is 1.09. The van der Waals surface area contributed by atoms with Crippen LogP contribution in [0.3, 0.4) is 0 Å². The molecule has 0 aliphatic rings. The molecule has 0 radical (unpaired) electrons. The van der Waals surface area contributed by atoms with Crippen molar-refractivity contribution in [2.45, 2.75) is 38.5 Å². The average Bonchev–Trinajstić information content (AvgIpc) is 3.00. The molecule has 1 unspecified atom stereocenters. The molecule has 0 fully saturated rings. The van der Waals surface area contributed by atoms with Gasteiger partial charge in [-0.15, -0.1) is 0 Å². The summed E-state index contributed by atoms with van der Waals surface area (Å²) in [5, 5.41) is 2.46. The molecule has 0 spiro atoms. The van der Waals surface area contributed by atoms with Crippen molar-refractivity contribution in [3.05, 3.63) is 60.6 Å². The maximum absolute atomic E-state index is 5.43. The highest BCUT2D eigenvalue weighted by Gasteiger charge is 2.28. The number of fused-ring (bicyclic) bond motifs is 1. The number of aromatic nitrogens is 2. The number of nitrogens with zero attached hydrogens (tertiary/aromatic N) is 2. The fourth-order valence-corrected chi connectivity index (χ4v) is 3.09. The Balaban J connectivity index is 1.96. The Morgan fingerprint density at radius 3 is 2.67 bits per heavy atom. The smallest absolute Gasteiger partial charge is 0.196 e. The van der Waals surface area contributed by atoms with E-state index in [-0.39, 0.29) is 11.3 Å². The summed E-state index contributed by atoms with van der Waals surface area (Å²) in [5.74, 6) is 1.05. The van der Waals surface area contributed by atoms with Gasteiger partial charge in [-0.2, -0.15) is 0 Å². The summed E-state index contributed by atoms with van der Waals surface area (Å²) in [7, 11) is 0. The number of hydrogen-bond donors (Lipinski definition) is 0. The van der Waals surface area contributed by atoms with Gasteiger partial charge in [-0.05, 0) is 17.9 Å². The van der Waals surface area contributed by atoms with Gasteiger partial charge in [0.25, 0.3) is 0 Å². The summed E-state index contributed by atoms with van der Waals surface area (Å²) in [4.78, 5) is 8.93. The monoisotopic (exact) mass is 280 g/mol. The second-order valence-corrected chi connectivity index (χ2v) is 6.24. The van der Waals surface area contributed by atoms with Crippen molar-refractivity contribution in [3.8, 4) is 0 Å². The molecule has 3 rings (SSSR count). The van der Waals surface area contributed by atoms with Gasteiger partial charge in [-0.3, -0.25) is 4.98 Å². The third kappa shape index (κ3) is 2.68. The Labute approximate surface area is 125 Å². The van der Waals surface area contributed by atoms with Gasteiger partial charge in [0.2, 0.25) is 0 Å². The molecular formula is C18H20N2O. The second-order valence-electron chi connectivity index (χ2n) is 6.24. The van der Waals surface area contributed by atoms with Crippen LogP contribution in [0.15, 0.2) is 53.4 Å². The van der Waals surface area contributed by atoms with Gasteiger partial charge in [0.05, 0.1) is 11.9 Å². The van der Waals surface area contributed by atoms with Gasteiger partial charge in [0, 0.05) is 22.9 Å². The minimum Gasteiger partial charge on any atom is -0.449 e. The first-order valence-electron chi connectivity index (χ1n) is 7.31. The van der Waals surface area contributed by atoms with E-state index >= 15 is 0 Å². The molecule has 0 saturated heterocycles. The summed E-state index contributed by atoms with van der Waals surface area (Å²) in [6.45, 7) is 6.63. The fourth-order valence-electron chi connectivity index (χ4n) is 3.09. The fraction of sp³-hybridized carbons (Fsp3) is 0.333. The van der Waals surface area contributed by atoms with E-state index < -0.39 is 0 Å². The molecule has 108 valence electrons. The zero-order valence-electron chi connectivity index (χ0n) is 12.7. The van der Waals surface area contributed by atoms with Gasteiger partial charge in [-0.1, -0.05) is 45.0 Å². The molecule has 0 N–H and O–H groups in total. The Kier molecular flexibility index (Phi) is 3.50. The Hall–Kier alpha value is -2.16. The largest absolute Gasteiger partial charge is 0.449 e. The third-order valence-corrected chi connectivity index (χ3v) is 4.00. The van der Waals surface area contributed by atoms with Crippen LogP contribution >= 0.6 is 0 Å². The first-order chi connectivity index (χ1) is 10.1. The van der Waals surface area contributed by atoms with Crippen molar-refractivity contribution in [1.82, 2.24) is 9.97 Å². The van der Waals surface area contributed by atoms with Gasteiger partial charge >= 0.3 is 0 Å². The van der Waals surface area contributed by atoms with Crippen LogP contribution in [0.2, 0.25) is 0 Å². The topological polar surface area (TPSA) is 38.9 Å². The van der Waals surface area contributed by atoms with Crippen molar-refractivity contribution in [2.75, 3.05) is 0 Å². The Morgan fingerprint density at radius 1 is 1.10 bits per heavy atom. The summed E-state index contributed by atoms with van der Waals surface area (Å²) in [6.07, 6.45) is 6.17. The minimum absolute atomic E-state index is 0.0469. The van der Waals surface area contributed by atoms with Gasteiger partial charge in [0.15, 0.2) is 5.89 Å². The van der Waals surface area contributed by atoms with Crippen molar-refractivity contribution < 1.29 is 4.42 Å². The lowest BCUT2D eigenvalue weighted by atomic mass is 9.78. The summed E-state index contributed by atoms with van der Waals surface area (Å²) >= 11 is 0. The highest BCUT2D eigenvalue weighted by atomic mass is 16.3. The van der Waals surface area contributed by atoms with Crippen molar-refractivity contribution in [1.29, 1.82) is 0 Å². The lowest BCUT2D eigenvalue weighted by Crippen LogP contribution is -2.22. The predicted molar refractivity (Wildman–Crippen MR) is 84.3 cm³/mol. The van der Waals surface area contributed by atoms with E-state index in [1.54, 1.807) is 12.5 Å². The van der Waals surface area contributed by atoms with Crippen LogP contribution in [-0.4, -0.2) is 9.97 Å². The molecule has 21 heavy (non-hydrogen) atoms. The van der Waals surface area contributed by atoms with Gasteiger partial charge < -0.3 is 4.42 Å². The highest BCUT2D eigenvalue weighted by Crippen LogP contribution is 2.36. The van der Waals surface area contributed by atoms with E-state index in [2.05, 4.69) is 61.1 Å². The van der Waals surface area contributed by atoms with E-state index in [1.165, 1.54) is 10.8 Å². The van der Waals surface area contributed by atoms with E-state index in [0.29, 0.717) is 0 Å². The Bertz CT molecular complexity index is 727. The molecule has 0 aliphatic carbocycles. The quantitative estimate of drug-likeness (QED) is 0.695.